The molecule has 1 aliphatic rings. The zero-order chi connectivity index (χ0) is 10.3. The lowest BCUT2D eigenvalue weighted by atomic mass is 10.1. The summed E-state index contributed by atoms with van der Waals surface area (Å²) in [5.74, 6) is 5.18. The third-order valence-electron chi connectivity index (χ3n) is 2.03. The van der Waals surface area contributed by atoms with Gasteiger partial charge in [-0.3, -0.25) is 0 Å². The zero-order valence-corrected chi connectivity index (χ0v) is 9.51. The van der Waals surface area contributed by atoms with Crippen molar-refractivity contribution in [2.24, 2.45) is 0 Å². The molecule has 0 atom stereocenters. The molecule has 3 nitrogen and oxygen atoms in total. The summed E-state index contributed by atoms with van der Waals surface area (Å²) in [5.41, 5.74) is 0. The van der Waals surface area contributed by atoms with E-state index >= 15 is 0 Å². The molecule has 1 fully saturated rings. The third-order valence-corrected chi connectivity index (χ3v) is 2.31. The first-order valence-electron chi connectivity index (χ1n) is 4.56. The Balaban J connectivity index is 2.39. The molecular weight excluding hydrogens is 248 g/mol. The second-order valence-corrected chi connectivity index (χ2v) is 3.53. The van der Waals surface area contributed by atoms with Gasteiger partial charge in [0.15, 0.2) is 5.79 Å². The topological polar surface area (TPSA) is 35.5 Å². The fourth-order valence-electron chi connectivity index (χ4n) is 1.38. The van der Waals surface area contributed by atoms with Gasteiger partial charge in [0, 0.05) is 12.8 Å². The van der Waals surface area contributed by atoms with Crippen LogP contribution in [0.15, 0.2) is 0 Å². The van der Waals surface area contributed by atoms with Crippen LogP contribution >= 0.6 is 15.9 Å². The molecule has 0 aliphatic carbocycles. The Labute approximate surface area is 92.3 Å². The number of halogens is 1. The molecule has 0 amide bonds. The van der Waals surface area contributed by atoms with E-state index in [0.29, 0.717) is 37.8 Å². The SMILES string of the molecule is O=CCC1(CCC#CCBr)OCCO1. The maximum atomic E-state index is 10.5. The van der Waals surface area contributed by atoms with E-state index in [0.717, 1.165) is 6.29 Å². The molecule has 0 aromatic carbocycles. The first-order valence-corrected chi connectivity index (χ1v) is 5.68. The highest BCUT2D eigenvalue weighted by atomic mass is 79.9. The Hall–Kier alpha value is -0.370. The molecule has 0 unspecified atom stereocenters. The maximum Gasteiger partial charge on any atom is 0.175 e. The molecule has 0 spiro atoms. The lowest BCUT2D eigenvalue weighted by Gasteiger charge is -2.23. The second kappa shape index (κ2) is 6.18. The number of ether oxygens (including phenoxy) is 2. The van der Waals surface area contributed by atoms with Crippen LogP contribution in [0, 0.1) is 11.8 Å². The first-order chi connectivity index (χ1) is 6.83. The van der Waals surface area contributed by atoms with Gasteiger partial charge in [0.25, 0.3) is 0 Å². The minimum atomic E-state index is -0.692. The Morgan fingerprint density at radius 1 is 1.36 bits per heavy atom. The third kappa shape index (κ3) is 3.41. The van der Waals surface area contributed by atoms with Gasteiger partial charge >= 0.3 is 0 Å². The fraction of sp³-hybridized carbons (Fsp3) is 0.700. The normalized spacial score (nSPS) is 18.6. The molecule has 1 aliphatic heterocycles. The van der Waals surface area contributed by atoms with Crippen molar-refractivity contribution in [1.29, 1.82) is 0 Å². The van der Waals surface area contributed by atoms with Gasteiger partial charge in [0.05, 0.1) is 25.0 Å². The average molecular weight is 261 g/mol. The van der Waals surface area contributed by atoms with E-state index in [9.17, 15) is 4.79 Å². The summed E-state index contributed by atoms with van der Waals surface area (Å²) in [7, 11) is 0. The minimum absolute atomic E-state index is 0.295. The summed E-state index contributed by atoms with van der Waals surface area (Å²) < 4.78 is 10.9. The van der Waals surface area contributed by atoms with E-state index in [4.69, 9.17) is 9.47 Å². The molecule has 1 saturated heterocycles. The van der Waals surface area contributed by atoms with Gasteiger partial charge in [-0.05, 0) is 0 Å². The van der Waals surface area contributed by atoms with Gasteiger partial charge < -0.3 is 14.3 Å². The molecule has 1 rings (SSSR count). The highest BCUT2D eigenvalue weighted by Crippen LogP contribution is 2.27. The van der Waals surface area contributed by atoms with Gasteiger partial charge in [-0.15, -0.1) is 5.92 Å². The lowest BCUT2D eigenvalue weighted by molar-refractivity contribution is -0.166. The van der Waals surface area contributed by atoms with Crippen molar-refractivity contribution < 1.29 is 14.3 Å². The molecular formula is C10H13BrO3. The molecule has 78 valence electrons. The van der Waals surface area contributed by atoms with Crippen LogP contribution in [0.25, 0.3) is 0 Å². The standard InChI is InChI=1S/C10H13BrO3/c11-6-3-1-2-4-10(5-7-12)13-8-9-14-10/h7H,2,4-6,8-9H2. The van der Waals surface area contributed by atoms with Crippen molar-refractivity contribution in [1.82, 2.24) is 0 Å². The number of hydrogen-bond acceptors (Lipinski definition) is 3. The van der Waals surface area contributed by atoms with E-state index in [1.165, 1.54) is 0 Å². The largest absolute Gasteiger partial charge is 0.347 e. The van der Waals surface area contributed by atoms with Gasteiger partial charge in [-0.25, -0.2) is 0 Å². The van der Waals surface area contributed by atoms with Crippen LogP contribution in [0.3, 0.4) is 0 Å². The van der Waals surface area contributed by atoms with Gasteiger partial charge in [-0.2, -0.15) is 0 Å². The number of rotatable bonds is 4. The van der Waals surface area contributed by atoms with E-state index in [2.05, 4.69) is 27.8 Å². The van der Waals surface area contributed by atoms with Crippen LogP contribution in [0.2, 0.25) is 0 Å². The van der Waals surface area contributed by atoms with Gasteiger partial charge in [0.1, 0.15) is 6.29 Å². The van der Waals surface area contributed by atoms with Crippen molar-refractivity contribution in [2.45, 2.75) is 25.0 Å². The van der Waals surface area contributed by atoms with E-state index < -0.39 is 5.79 Å². The van der Waals surface area contributed by atoms with Crippen molar-refractivity contribution in [2.75, 3.05) is 18.5 Å². The number of alkyl halides is 1. The van der Waals surface area contributed by atoms with Crippen molar-refractivity contribution in [3.05, 3.63) is 0 Å². The summed E-state index contributed by atoms with van der Waals surface area (Å²) >= 11 is 3.21. The van der Waals surface area contributed by atoms with Crippen LogP contribution in [-0.4, -0.2) is 30.6 Å². The smallest absolute Gasteiger partial charge is 0.175 e. The van der Waals surface area contributed by atoms with Crippen LogP contribution in [0.1, 0.15) is 19.3 Å². The zero-order valence-electron chi connectivity index (χ0n) is 7.92. The highest BCUT2D eigenvalue weighted by Gasteiger charge is 2.35. The van der Waals surface area contributed by atoms with Crippen LogP contribution in [-0.2, 0) is 14.3 Å². The molecule has 14 heavy (non-hydrogen) atoms. The average Bonchev–Trinajstić information content (AvgIpc) is 2.63. The van der Waals surface area contributed by atoms with Crippen LogP contribution in [0.4, 0.5) is 0 Å². The second-order valence-electron chi connectivity index (χ2n) is 2.97. The van der Waals surface area contributed by atoms with Crippen molar-refractivity contribution in [3.63, 3.8) is 0 Å². The van der Waals surface area contributed by atoms with Crippen molar-refractivity contribution >= 4 is 22.2 Å². The Bertz CT molecular complexity index is 235. The van der Waals surface area contributed by atoms with Crippen LogP contribution in [0.5, 0.6) is 0 Å². The van der Waals surface area contributed by atoms with E-state index in [1.54, 1.807) is 0 Å². The molecule has 4 heteroatoms. The van der Waals surface area contributed by atoms with Gasteiger partial charge in [-0.1, -0.05) is 21.9 Å². The summed E-state index contributed by atoms with van der Waals surface area (Å²) in [4.78, 5) is 10.5. The monoisotopic (exact) mass is 260 g/mol. The fourth-order valence-corrected chi connectivity index (χ4v) is 1.58. The summed E-state index contributed by atoms with van der Waals surface area (Å²) in [6.45, 7) is 1.14. The van der Waals surface area contributed by atoms with Crippen molar-refractivity contribution in [3.8, 4) is 11.8 Å². The number of carbonyl (C=O) groups excluding carboxylic acids is 1. The molecule has 1 heterocycles. The Morgan fingerprint density at radius 2 is 2.07 bits per heavy atom. The minimum Gasteiger partial charge on any atom is -0.347 e. The number of carbonyl (C=O) groups is 1. The van der Waals surface area contributed by atoms with Gasteiger partial charge in [0.2, 0.25) is 0 Å². The molecule has 0 saturated carbocycles. The number of hydrogen-bond donors (Lipinski definition) is 0. The summed E-state index contributed by atoms with van der Waals surface area (Å²) in [5, 5.41) is 0.676. The maximum absolute atomic E-state index is 10.5. The molecule has 0 N–H and O–H groups in total. The van der Waals surface area contributed by atoms with Crippen LogP contribution < -0.4 is 0 Å². The van der Waals surface area contributed by atoms with E-state index in [1.807, 2.05) is 0 Å². The molecule has 0 bridgehead atoms. The summed E-state index contributed by atoms with van der Waals surface area (Å²) in [6, 6.07) is 0. The molecule has 0 aromatic rings. The molecule has 0 radical (unpaired) electrons. The first kappa shape index (κ1) is 11.7. The Morgan fingerprint density at radius 3 is 2.64 bits per heavy atom. The lowest BCUT2D eigenvalue weighted by Crippen LogP contribution is -2.30. The quantitative estimate of drug-likeness (QED) is 0.437. The summed E-state index contributed by atoms with van der Waals surface area (Å²) in [6.07, 6.45) is 2.48. The predicted octanol–water partition coefficient (Wildman–Crippen LogP) is 1.50. The predicted molar refractivity (Wildman–Crippen MR) is 56.1 cm³/mol. The molecule has 0 aromatic heterocycles. The number of aldehydes is 1. The van der Waals surface area contributed by atoms with E-state index in [-0.39, 0.29) is 0 Å². The highest BCUT2D eigenvalue weighted by molar-refractivity contribution is 9.09. The Kier molecular flexibility index (Phi) is 5.16.